The summed E-state index contributed by atoms with van der Waals surface area (Å²) in [5, 5.41) is 0. The van der Waals surface area contributed by atoms with Crippen molar-refractivity contribution in [2.75, 3.05) is 20.3 Å². The summed E-state index contributed by atoms with van der Waals surface area (Å²) in [6.07, 6.45) is 1.35. The summed E-state index contributed by atoms with van der Waals surface area (Å²) in [5.41, 5.74) is 0. The molecule has 0 aromatic rings. The van der Waals surface area contributed by atoms with Gasteiger partial charge in [-0.05, 0) is 19.4 Å². The second-order valence-electron chi connectivity index (χ2n) is 4.58. The average molecular weight is 169 g/mol. The van der Waals surface area contributed by atoms with E-state index < -0.39 is 0 Å². The van der Waals surface area contributed by atoms with Crippen molar-refractivity contribution >= 4 is 0 Å². The summed E-state index contributed by atoms with van der Waals surface area (Å²) in [4.78, 5) is 2.53. The molecule has 2 saturated heterocycles. The Kier molecular flexibility index (Phi) is 2.13. The summed E-state index contributed by atoms with van der Waals surface area (Å²) in [7, 11) is 2.25. The maximum Gasteiger partial charge on any atom is 0.0625 e. The monoisotopic (exact) mass is 169 g/mol. The molecule has 0 N–H and O–H groups in total. The summed E-state index contributed by atoms with van der Waals surface area (Å²) in [5.74, 6) is 1.61. The largest absolute Gasteiger partial charge is 0.379 e. The molecule has 0 amide bonds. The van der Waals surface area contributed by atoms with Crippen LogP contribution in [0.1, 0.15) is 20.3 Å². The first-order chi connectivity index (χ1) is 5.70. The van der Waals surface area contributed by atoms with E-state index in [1.165, 1.54) is 6.42 Å². The fourth-order valence-electron chi connectivity index (χ4n) is 2.73. The third kappa shape index (κ3) is 1.17. The van der Waals surface area contributed by atoms with Crippen LogP contribution in [0.3, 0.4) is 0 Å². The molecular weight excluding hydrogens is 150 g/mol. The third-order valence-corrected chi connectivity index (χ3v) is 3.52. The van der Waals surface area contributed by atoms with Gasteiger partial charge in [0.1, 0.15) is 0 Å². The highest BCUT2D eigenvalue weighted by Gasteiger charge is 2.43. The lowest BCUT2D eigenvalue weighted by Gasteiger charge is -2.27. The fourth-order valence-corrected chi connectivity index (χ4v) is 2.73. The van der Waals surface area contributed by atoms with Crippen LogP contribution in [-0.4, -0.2) is 37.2 Å². The summed E-state index contributed by atoms with van der Waals surface area (Å²) in [6, 6.07) is 1.52. The Balaban J connectivity index is 2.05. The molecule has 3 atom stereocenters. The first-order valence-corrected chi connectivity index (χ1v) is 5.00. The zero-order chi connectivity index (χ0) is 8.72. The van der Waals surface area contributed by atoms with E-state index in [4.69, 9.17) is 4.74 Å². The molecule has 0 aromatic heterocycles. The van der Waals surface area contributed by atoms with Gasteiger partial charge in [0.15, 0.2) is 0 Å². The number of hydrogen-bond acceptors (Lipinski definition) is 2. The molecule has 70 valence electrons. The number of ether oxygens (including phenoxy) is 1. The number of likely N-dealkylation sites (tertiary alicyclic amines) is 1. The van der Waals surface area contributed by atoms with Crippen molar-refractivity contribution < 1.29 is 4.74 Å². The van der Waals surface area contributed by atoms with E-state index in [-0.39, 0.29) is 0 Å². The molecule has 2 aliphatic rings. The molecule has 0 bridgehead atoms. The summed E-state index contributed by atoms with van der Waals surface area (Å²) in [6.45, 7) is 6.61. The zero-order valence-electron chi connectivity index (χ0n) is 8.29. The lowest BCUT2D eigenvalue weighted by Crippen LogP contribution is -2.37. The van der Waals surface area contributed by atoms with Gasteiger partial charge in [0.2, 0.25) is 0 Å². The zero-order valence-corrected chi connectivity index (χ0v) is 8.29. The number of likely N-dealkylation sites (N-methyl/N-ethyl adjacent to an activating group) is 1. The normalized spacial score (nSPS) is 42.5. The molecular formula is C10H19NO. The van der Waals surface area contributed by atoms with Gasteiger partial charge in [-0.2, -0.15) is 0 Å². The molecule has 12 heavy (non-hydrogen) atoms. The van der Waals surface area contributed by atoms with Gasteiger partial charge in [0.25, 0.3) is 0 Å². The van der Waals surface area contributed by atoms with Crippen LogP contribution in [0.5, 0.6) is 0 Å². The smallest absolute Gasteiger partial charge is 0.0625 e. The predicted molar refractivity (Wildman–Crippen MR) is 49.1 cm³/mol. The lowest BCUT2D eigenvalue weighted by molar-refractivity contribution is 0.123. The van der Waals surface area contributed by atoms with Crippen molar-refractivity contribution in [3.63, 3.8) is 0 Å². The summed E-state index contributed by atoms with van der Waals surface area (Å²) < 4.78 is 5.47. The van der Waals surface area contributed by atoms with Crippen LogP contribution in [0, 0.1) is 11.8 Å². The Bertz CT molecular complexity index is 169. The van der Waals surface area contributed by atoms with E-state index in [1.807, 2.05) is 0 Å². The van der Waals surface area contributed by atoms with E-state index in [2.05, 4.69) is 25.8 Å². The van der Waals surface area contributed by atoms with E-state index in [0.29, 0.717) is 0 Å². The van der Waals surface area contributed by atoms with E-state index in [0.717, 1.165) is 37.1 Å². The Morgan fingerprint density at radius 3 is 2.67 bits per heavy atom. The topological polar surface area (TPSA) is 12.5 Å². The van der Waals surface area contributed by atoms with Crippen molar-refractivity contribution in [2.45, 2.75) is 32.4 Å². The molecule has 0 aromatic carbocycles. The maximum atomic E-state index is 5.47. The Hall–Kier alpha value is -0.0800. The van der Waals surface area contributed by atoms with Crippen molar-refractivity contribution in [3.05, 3.63) is 0 Å². The van der Waals surface area contributed by atoms with E-state index in [9.17, 15) is 0 Å². The predicted octanol–water partition coefficient (Wildman–Crippen LogP) is 1.36. The quantitative estimate of drug-likeness (QED) is 0.587. The first-order valence-electron chi connectivity index (χ1n) is 5.00. The SMILES string of the molecule is CC(C)[C@@H]1CC2COCC2N1C. The highest BCUT2D eigenvalue weighted by Crippen LogP contribution is 2.35. The number of hydrogen-bond donors (Lipinski definition) is 0. The number of fused-ring (bicyclic) bond motifs is 1. The molecule has 2 rings (SSSR count). The molecule has 2 fully saturated rings. The molecule has 2 unspecified atom stereocenters. The van der Waals surface area contributed by atoms with Gasteiger partial charge in [-0.25, -0.2) is 0 Å². The van der Waals surface area contributed by atoms with Crippen LogP contribution in [0.2, 0.25) is 0 Å². The Labute approximate surface area is 74.9 Å². The third-order valence-electron chi connectivity index (χ3n) is 3.52. The van der Waals surface area contributed by atoms with Gasteiger partial charge in [-0.15, -0.1) is 0 Å². The summed E-state index contributed by atoms with van der Waals surface area (Å²) >= 11 is 0. The maximum absolute atomic E-state index is 5.47. The Morgan fingerprint density at radius 1 is 1.33 bits per heavy atom. The highest BCUT2D eigenvalue weighted by atomic mass is 16.5. The van der Waals surface area contributed by atoms with Gasteiger partial charge in [0, 0.05) is 18.0 Å². The van der Waals surface area contributed by atoms with Crippen LogP contribution in [0.15, 0.2) is 0 Å². The molecule has 0 radical (unpaired) electrons. The van der Waals surface area contributed by atoms with Crippen LogP contribution < -0.4 is 0 Å². The second-order valence-corrected chi connectivity index (χ2v) is 4.58. The van der Waals surface area contributed by atoms with Gasteiger partial charge >= 0.3 is 0 Å². The van der Waals surface area contributed by atoms with Crippen molar-refractivity contribution in [3.8, 4) is 0 Å². The highest BCUT2D eigenvalue weighted by molar-refractivity contribution is 4.95. The molecule has 0 aliphatic carbocycles. The number of nitrogens with zero attached hydrogens (tertiary/aromatic N) is 1. The first kappa shape index (κ1) is 8.52. The molecule has 2 heteroatoms. The molecule has 2 heterocycles. The molecule has 0 spiro atoms. The molecule has 2 aliphatic heterocycles. The van der Waals surface area contributed by atoms with Gasteiger partial charge in [-0.1, -0.05) is 13.8 Å². The minimum Gasteiger partial charge on any atom is -0.379 e. The average Bonchev–Trinajstić information content (AvgIpc) is 2.53. The van der Waals surface area contributed by atoms with Gasteiger partial charge < -0.3 is 4.74 Å². The van der Waals surface area contributed by atoms with Crippen LogP contribution in [0.4, 0.5) is 0 Å². The van der Waals surface area contributed by atoms with E-state index >= 15 is 0 Å². The molecule has 0 saturated carbocycles. The van der Waals surface area contributed by atoms with Gasteiger partial charge in [-0.3, -0.25) is 4.90 Å². The van der Waals surface area contributed by atoms with Crippen LogP contribution in [-0.2, 0) is 4.74 Å². The number of rotatable bonds is 1. The second kappa shape index (κ2) is 3.00. The Morgan fingerprint density at radius 2 is 2.08 bits per heavy atom. The lowest BCUT2D eigenvalue weighted by atomic mass is 9.97. The van der Waals surface area contributed by atoms with Crippen LogP contribution >= 0.6 is 0 Å². The van der Waals surface area contributed by atoms with Crippen molar-refractivity contribution in [2.24, 2.45) is 11.8 Å². The van der Waals surface area contributed by atoms with Gasteiger partial charge in [0.05, 0.1) is 13.2 Å². The van der Waals surface area contributed by atoms with E-state index in [1.54, 1.807) is 0 Å². The minimum atomic E-state index is 0.720. The van der Waals surface area contributed by atoms with Crippen molar-refractivity contribution in [1.29, 1.82) is 0 Å². The fraction of sp³-hybridized carbons (Fsp3) is 1.00. The van der Waals surface area contributed by atoms with Crippen LogP contribution in [0.25, 0.3) is 0 Å². The standard InChI is InChI=1S/C10H19NO/c1-7(2)9-4-8-5-12-6-10(8)11(9)3/h7-10H,4-6H2,1-3H3/t8?,9-,10?/m0/s1. The van der Waals surface area contributed by atoms with Crippen molar-refractivity contribution in [1.82, 2.24) is 4.90 Å². The minimum absolute atomic E-state index is 0.720. The molecule has 2 nitrogen and oxygen atoms in total.